The van der Waals surface area contributed by atoms with Gasteiger partial charge in [0.2, 0.25) is 11.7 Å². The first-order valence-corrected chi connectivity index (χ1v) is 9.07. The van der Waals surface area contributed by atoms with E-state index in [1.165, 1.54) is 5.56 Å². The van der Waals surface area contributed by atoms with E-state index in [1.807, 2.05) is 11.8 Å². The summed E-state index contributed by atoms with van der Waals surface area (Å²) < 4.78 is 5.53. The lowest BCUT2D eigenvalue weighted by atomic mass is 10.0. The van der Waals surface area contributed by atoms with Gasteiger partial charge in [0.25, 0.3) is 0 Å². The molecule has 2 aromatic rings. The van der Waals surface area contributed by atoms with E-state index in [9.17, 15) is 0 Å². The van der Waals surface area contributed by atoms with E-state index in [0.29, 0.717) is 12.0 Å². The van der Waals surface area contributed by atoms with Crippen LogP contribution in [0.25, 0.3) is 11.4 Å². The number of thiophene rings is 1. The van der Waals surface area contributed by atoms with E-state index in [2.05, 4.69) is 40.1 Å². The summed E-state index contributed by atoms with van der Waals surface area (Å²) in [6.45, 7) is 5.32. The summed E-state index contributed by atoms with van der Waals surface area (Å²) in [6, 6.07) is 0.455. The fourth-order valence-electron chi connectivity index (χ4n) is 2.41. The minimum Gasteiger partial charge on any atom is -0.339 e. The summed E-state index contributed by atoms with van der Waals surface area (Å²) in [7, 11) is 0. The van der Waals surface area contributed by atoms with E-state index in [1.54, 1.807) is 11.3 Å². The number of nitrogens with zero attached hydrogens (tertiary/aromatic N) is 2. The Morgan fingerprint density at radius 1 is 1.40 bits per heavy atom. The Hall–Kier alpha value is -0.850. The van der Waals surface area contributed by atoms with Gasteiger partial charge >= 0.3 is 0 Å². The van der Waals surface area contributed by atoms with Crippen LogP contribution in [0.5, 0.6) is 0 Å². The third-order valence-electron chi connectivity index (χ3n) is 3.59. The maximum atomic E-state index is 5.53. The molecule has 4 nitrogen and oxygen atoms in total. The van der Waals surface area contributed by atoms with Crippen molar-refractivity contribution >= 4 is 23.1 Å². The molecule has 0 aromatic carbocycles. The molecule has 2 atom stereocenters. The highest BCUT2D eigenvalue weighted by Gasteiger charge is 2.33. The summed E-state index contributed by atoms with van der Waals surface area (Å²) in [4.78, 5) is 4.63. The van der Waals surface area contributed by atoms with Gasteiger partial charge < -0.3 is 9.84 Å². The molecule has 0 saturated carbocycles. The van der Waals surface area contributed by atoms with Crippen LogP contribution in [-0.2, 0) is 0 Å². The van der Waals surface area contributed by atoms with Crippen LogP contribution in [0.2, 0.25) is 0 Å². The van der Waals surface area contributed by atoms with E-state index in [-0.39, 0.29) is 0 Å². The van der Waals surface area contributed by atoms with Gasteiger partial charge in [-0.25, -0.2) is 0 Å². The van der Waals surface area contributed by atoms with Crippen molar-refractivity contribution in [3.63, 3.8) is 0 Å². The van der Waals surface area contributed by atoms with Gasteiger partial charge in [0.05, 0.1) is 5.92 Å². The molecule has 0 spiro atoms. The molecule has 108 valence electrons. The highest BCUT2D eigenvalue weighted by molar-refractivity contribution is 7.99. The van der Waals surface area contributed by atoms with E-state index < -0.39 is 0 Å². The standard InChI is InChI=1S/C14H19N3OS2/c1-3-4-15-12-8-20-7-11(12)14-16-13(17-18-14)10-6-19-5-9(10)2/h5-6,11-12,15H,3-4,7-8H2,1-2H3. The summed E-state index contributed by atoms with van der Waals surface area (Å²) in [5.74, 6) is 4.03. The Balaban J connectivity index is 1.78. The van der Waals surface area contributed by atoms with Crippen molar-refractivity contribution in [3.05, 3.63) is 22.2 Å². The zero-order valence-electron chi connectivity index (χ0n) is 11.8. The van der Waals surface area contributed by atoms with Gasteiger partial charge in [0.1, 0.15) is 0 Å². The number of thioether (sulfide) groups is 1. The SMILES string of the molecule is CCCNC1CSCC1c1nc(-c2cscc2C)no1. The lowest BCUT2D eigenvalue weighted by molar-refractivity contribution is 0.339. The van der Waals surface area contributed by atoms with Crippen molar-refractivity contribution < 1.29 is 4.52 Å². The normalized spacial score (nSPS) is 22.5. The highest BCUT2D eigenvalue weighted by Crippen LogP contribution is 2.33. The predicted octanol–water partition coefficient (Wildman–Crippen LogP) is 3.31. The summed E-state index contributed by atoms with van der Waals surface area (Å²) in [5.41, 5.74) is 2.30. The van der Waals surface area contributed by atoms with Gasteiger partial charge in [-0.3, -0.25) is 0 Å². The molecule has 3 heterocycles. The number of hydrogen-bond acceptors (Lipinski definition) is 6. The molecule has 2 unspecified atom stereocenters. The number of aromatic nitrogens is 2. The second kappa shape index (κ2) is 6.28. The Labute approximate surface area is 127 Å². The van der Waals surface area contributed by atoms with Crippen molar-refractivity contribution in [1.82, 2.24) is 15.5 Å². The first-order chi connectivity index (χ1) is 9.79. The molecule has 2 aromatic heterocycles. The molecule has 1 N–H and O–H groups in total. The van der Waals surface area contributed by atoms with Crippen LogP contribution in [0.4, 0.5) is 0 Å². The molecule has 0 bridgehead atoms. The molecular weight excluding hydrogens is 290 g/mol. The maximum Gasteiger partial charge on any atom is 0.232 e. The van der Waals surface area contributed by atoms with Crippen molar-refractivity contribution in [2.75, 3.05) is 18.1 Å². The minimum atomic E-state index is 0.340. The van der Waals surface area contributed by atoms with E-state index in [0.717, 1.165) is 41.7 Å². The lowest BCUT2D eigenvalue weighted by Gasteiger charge is -2.16. The molecule has 1 fully saturated rings. The van der Waals surface area contributed by atoms with Crippen molar-refractivity contribution in [1.29, 1.82) is 0 Å². The molecule has 1 aliphatic heterocycles. The number of aryl methyl sites for hydroxylation is 1. The Morgan fingerprint density at radius 3 is 3.05 bits per heavy atom. The summed E-state index contributed by atoms with van der Waals surface area (Å²) in [6.07, 6.45) is 1.15. The topological polar surface area (TPSA) is 51.0 Å². The maximum absolute atomic E-state index is 5.53. The van der Waals surface area contributed by atoms with Gasteiger partial charge in [-0.1, -0.05) is 12.1 Å². The van der Waals surface area contributed by atoms with Crippen LogP contribution >= 0.6 is 23.1 Å². The molecular formula is C14H19N3OS2. The third-order valence-corrected chi connectivity index (χ3v) is 5.64. The molecule has 0 aliphatic carbocycles. The fraction of sp³-hybridized carbons (Fsp3) is 0.571. The fourth-order valence-corrected chi connectivity index (χ4v) is 4.61. The largest absolute Gasteiger partial charge is 0.339 e. The third kappa shape index (κ3) is 2.77. The smallest absolute Gasteiger partial charge is 0.232 e. The Bertz CT molecular complexity index is 566. The first kappa shape index (κ1) is 14.1. The molecule has 1 aliphatic rings. The Kier molecular flexibility index (Phi) is 4.43. The highest BCUT2D eigenvalue weighted by atomic mass is 32.2. The van der Waals surface area contributed by atoms with Crippen molar-refractivity contribution in [2.24, 2.45) is 0 Å². The monoisotopic (exact) mass is 309 g/mol. The van der Waals surface area contributed by atoms with Crippen LogP contribution in [0.1, 0.15) is 30.7 Å². The lowest BCUT2D eigenvalue weighted by Crippen LogP contribution is -2.34. The molecule has 6 heteroatoms. The van der Waals surface area contributed by atoms with Crippen LogP contribution in [-0.4, -0.2) is 34.2 Å². The summed E-state index contributed by atoms with van der Waals surface area (Å²) in [5, 5.41) is 11.9. The quantitative estimate of drug-likeness (QED) is 0.918. The predicted molar refractivity (Wildman–Crippen MR) is 84.5 cm³/mol. The molecule has 20 heavy (non-hydrogen) atoms. The second-order valence-electron chi connectivity index (χ2n) is 5.13. The zero-order chi connectivity index (χ0) is 13.9. The number of rotatable bonds is 5. The van der Waals surface area contributed by atoms with Crippen LogP contribution in [0.15, 0.2) is 15.3 Å². The van der Waals surface area contributed by atoms with Gasteiger partial charge in [0.15, 0.2) is 0 Å². The van der Waals surface area contributed by atoms with E-state index >= 15 is 0 Å². The zero-order valence-corrected chi connectivity index (χ0v) is 13.4. The Morgan fingerprint density at radius 2 is 2.30 bits per heavy atom. The van der Waals surface area contributed by atoms with E-state index in [4.69, 9.17) is 4.52 Å². The van der Waals surface area contributed by atoms with Gasteiger partial charge in [-0.05, 0) is 30.8 Å². The number of nitrogens with one attached hydrogen (secondary N) is 1. The average Bonchev–Trinajstić information content (AvgIpc) is 3.15. The van der Waals surface area contributed by atoms with Crippen LogP contribution < -0.4 is 5.32 Å². The molecule has 0 amide bonds. The number of hydrogen-bond donors (Lipinski definition) is 1. The van der Waals surface area contributed by atoms with Gasteiger partial charge in [0, 0.05) is 28.5 Å². The summed E-state index contributed by atoms with van der Waals surface area (Å²) >= 11 is 3.63. The van der Waals surface area contributed by atoms with Gasteiger partial charge in [-0.2, -0.15) is 28.1 Å². The molecule has 3 rings (SSSR count). The first-order valence-electron chi connectivity index (χ1n) is 6.97. The molecule has 0 radical (unpaired) electrons. The minimum absolute atomic E-state index is 0.340. The average molecular weight is 309 g/mol. The second-order valence-corrected chi connectivity index (χ2v) is 6.95. The van der Waals surface area contributed by atoms with Crippen molar-refractivity contribution in [2.45, 2.75) is 32.2 Å². The molecule has 1 saturated heterocycles. The van der Waals surface area contributed by atoms with Gasteiger partial charge in [-0.15, -0.1) is 0 Å². The van der Waals surface area contributed by atoms with Crippen molar-refractivity contribution in [3.8, 4) is 11.4 Å². The van der Waals surface area contributed by atoms with Crippen LogP contribution in [0.3, 0.4) is 0 Å². The van der Waals surface area contributed by atoms with Crippen LogP contribution in [0, 0.1) is 6.92 Å².